The average molecular weight is 430 g/mol. The molecule has 1 fully saturated rings. The van der Waals surface area contributed by atoms with E-state index in [9.17, 15) is 14.0 Å². The van der Waals surface area contributed by atoms with Crippen molar-refractivity contribution in [2.75, 3.05) is 18.4 Å². The summed E-state index contributed by atoms with van der Waals surface area (Å²) in [5.41, 5.74) is 1.82. The largest absolute Gasteiger partial charge is 0.361 e. The van der Waals surface area contributed by atoms with E-state index in [2.05, 4.69) is 34.3 Å². The monoisotopic (exact) mass is 429 g/mol. The van der Waals surface area contributed by atoms with E-state index in [1.807, 2.05) is 6.20 Å². The quantitative estimate of drug-likeness (QED) is 0.602. The predicted octanol–water partition coefficient (Wildman–Crippen LogP) is 3.39. The Balaban J connectivity index is 1.33. The molecule has 1 unspecified atom stereocenters. The molecule has 1 aliphatic rings. The number of benzene rings is 1. The van der Waals surface area contributed by atoms with Crippen LogP contribution in [0.25, 0.3) is 10.9 Å². The van der Waals surface area contributed by atoms with E-state index >= 15 is 0 Å². The zero-order valence-corrected chi connectivity index (χ0v) is 17.8. The van der Waals surface area contributed by atoms with E-state index in [0.717, 1.165) is 27.9 Å². The molecule has 7 nitrogen and oxygen atoms in total. The number of anilines is 1. The summed E-state index contributed by atoms with van der Waals surface area (Å²) >= 11 is 1.37. The Morgan fingerprint density at radius 1 is 1.40 bits per heavy atom. The highest BCUT2D eigenvalue weighted by Gasteiger charge is 2.34. The number of hydrogen-bond donors (Lipinski definition) is 2. The van der Waals surface area contributed by atoms with Crippen LogP contribution in [0, 0.1) is 17.7 Å². The number of nitrogens with one attached hydrogen (secondary N) is 2. The number of rotatable bonds is 7. The molecule has 158 valence electrons. The summed E-state index contributed by atoms with van der Waals surface area (Å²) in [6.07, 6.45) is 3.45. The number of fused-ring (bicyclic) bond motifs is 1. The lowest BCUT2D eigenvalue weighted by Crippen LogP contribution is -2.30. The number of halogens is 1. The van der Waals surface area contributed by atoms with Crippen LogP contribution in [-0.2, 0) is 22.4 Å². The van der Waals surface area contributed by atoms with Gasteiger partial charge in [-0.1, -0.05) is 25.2 Å². The SMILES string of the molecule is CC(C)Cc1nnc(NC(=O)C2CC(=O)N(CCc3c[nH]c4ccc(F)cc34)C2)s1. The smallest absolute Gasteiger partial charge is 0.231 e. The van der Waals surface area contributed by atoms with Gasteiger partial charge in [-0.25, -0.2) is 4.39 Å². The van der Waals surface area contributed by atoms with Crippen LogP contribution in [0.1, 0.15) is 30.8 Å². The van der Waals surface area contributed by atoms with Crippen molar-refractivity contribution in [3.63, 3.8) is 0 Å². The summed E-state index contributed by atoms with van der Waals surface area (Å²) < 4.78 is 13.5. The molecule has 1 atom stereocenters. The summed E-state index contributed by atoms with van der Waals surface area (Å²) in [4.78, 5) is 29.8. The van der Waals surface area contributed by atoms with Crippen LogP contribution in [0.2, 0.25) is 0 Å². The molecule has 2 aromatic heterocycles. The third-order valence-electron chi connectivity index (χ3n) is 5.25. The minimum Gasteiger partial charge on any atom is -0.361 e. The first-order valence-corrected chi connectivity index (χ1v) is 10.9. The lowest BCUT2D eigenvalue weighted by atomic mass is 10.1. The molecule has 30 heavy (non-hydrogen) atoms. The fourth-order valence-corrected chi connectivity index (χ4v) is 4.67. The van der Waals surface area contributed by atoms with Crippen LogP contribution in [0.5, 0.6) is 0 Å². The molecule has 1 aromatic carbocycles. The van der Waals surface area contributed by atoms with E-state index in [-0.39, 0.29) is 24.1 Å². The Labute approximate surface area is 177 Å². The number of aromatic amines is 1. The van der Waals surface area contributed by atoms with Gasteiger partial charge in [0.25, 0.3) is 0 Å². The van der Waals surface area contributed by atoms with Crippen molar-refractivity contribution in [1.82, 2.24) is 20.1 Å². The van der Waals surface area contributed by atoms with Gasteiger partial charge in [0.1, 0.15) is 10.8 Å². The zero-order valence-electron chi connectivity index (χ0n) is 16.9. The van der Waals surface area contributed by atoms with E-state index < -0.39 is 5.92 Å². The van der Waals surface area contributed by atoms with Gasteiger partial charge in [-0.15, -0.1) is 10.2 Å². The number of carbonyl (C=O) groups is 2. The molecule has 1 aliphatic heterocycles. The molecule has 0 saturated carbocycles. The first-order valence-electron chi connectivity index (χ1n) is 10.1. The van der Waals surface area contributed by atoms with Crippen LogP contribution >= 0.6 is 11.3 Å². The molecule has 0 radical (unpaired) electrons. The highest BCUT2D eigenvalue weighted by atomic mass is 32.1. The van der Waals surface area contributed by atoms with Crippen molar-refractivity contribution >= 4 is 39.2 Å². The maximum Gasteiger partial charge on any atom is 0.231 e. The highest BCUT2D eigenvalue weighted by molar-refractivity contribution is 7.15. The summed E-state index contributed by atoms with van der Waals surface area (Å²) in [6.45, 7) is 5.07. The van der Waals surface area contributed by atoms with Crippen molar-refractivity contribution in [3.05, 3.63) is 40.8 Å². The Kier molecular flexibility index (Phi) is 5.80. The number of likely N-dealkylation sites (tertiary alicyclic amines) is 1. The van der Waals surface area contributed by atoms with E-state index in [0.29, 0.717) is 30.6 Å². The van der Waals surface area contributed by atoms with E-state index in [1.165, 1.54) is 23.5 Å². The molecule has 3 heterocycles. The molecular weight excluding hydrogens is 405 g/mol. The molecular formula is C21H24FN5O2S. The molecule has 9 heteroatoms. The number of hydrogen-bond acceptors (Lipinski definition) is 5. The second-order valence-corrected chi connectivity index (χ2v) is 9.14. The number of amides is 2. The summed E-state index contributed by atoms with van der Waals surface area (Å²) in [6, 6.07) is 4.62. The maximum absolute atomic E-state index is 13.5. The first-order chi connectivity index (χ1) is 14.4. The van der Waals surface area contributed by atoms with Crippen LogP contribution in [-0.4, -0.2) is 45.0 Å². The number of H-pyrrole nitrogens is 1. The van der Waals surface area contributed by atoms with E-state index in [4.69, 9.17) is 0 Å². The lowest BCUT2D eigenvalue weighted by Gasteiger charge is -2.16. The minimum atomic E-state index is -0.407. The number of carbonyl (C=O) groups excluding carboxylic acids is 2. The van der Waals surface area contributed by atoms with Crippen molar-refractivity contribution in [3.8, 4) is 0 Å². The Hall–Kier alpha value is -2.81. The third kappa shape index (κ3) is 4.51. The van der Waals surface area contributed by atoms with Gasteiger partial charge in [-0.05, 0) is 36.1 Å². The van der Waals surface area contributed by atoms with Crippen LogP contribution in [0.15, 0.2) is 24.4 Å². The number of nitrogens with zero attached hydrogens (tertiary/aromatic N) is 3. The Morgan fingerprint density at radius 2 is 2.23 bits per heavy atom. The minimum absolute atomic E-state index is 0.0427. The lowest BCUT2D eigenvalue weighted by molar-refractivity contribution is -0.128. The summed E-state index contributed by atoms with van der Waals surface area (Å²) in [7, 11) is 0. The molecule has 0 aliphatic carbocycles. The van der Waals surface area contributed by atoms with Crippen LogP contribution in [0.4, 0.5) is 9.52 Å². The molecule has 2 amide bonds. The van der Waals surface area contributed by atoms with Crippen LogP contribution < -0.4 is 5.32 Å². The van der Waals surface area contributed by atoms with Gasteiger partial charge < -0.3 is 15.2 Å². The van der Waals surface area contributed by atoms with Crippen molar-refractivity contribution < 1.29 is 14.0 Å². The van der Waals surface area contributed by atoms with Gasteiger partial charge >= 0.3 is 0 Å². The Morgan fingerprint density at radius 3 is 3.03 bits per heavy atom. The summed E-state index contributed by atoms with van der Waals surface area (Å²) in [5, 5.41) is 13.1. The first kappa shape index (κ1) is 20.5. The molecule has 2 N–H and O–H groups in total. The second-order valence-electron chi connectivity index (χ2n) is 8.08. The van der Waals surface area contributed by atoms with Gasteiger partial charge in [0.2, 0.25) is 16.9 Å². The molecule has 0 bridgehead atoms. The zero-order chi connectivity index (χ0) is 21.3. The van der Waals surface area contributed by atoms with Crippen molar-refractivity contribution in [2.24, 2.45) is 11.8 Å². The van der Waals surface area contributed by atoms with E-state index in [1.54, 1.807) is 11.0 Å². The van der Waals surface area contributed by atoms with Gasteiger partial charge in [0.05, 0.1) is 5.92 Å². The fourth-order valence-electron chi connectivity index (χ4n) is 3.72. The topological polar surface area (TPSA) is 91.0 Å². The Bertz CT molecular complexity index is 1080. The van der Waals surface area contributed by atoms with Gasteiger partial charge in [0.15, 0.2) is 0 Å². The number of aromatic nitrogens is 3. The van der Waals surface area contributed by atoms with Gasteiger partial charge in [0, 0.05) is 43.0 Å². The van der Waals surface area contributed by atoms with Crippen molar-refractivity contribution in [2.45, 2.75) is 33.1 Å². The van der Waals surface area contributed by atoms with Gasteiger partial charge in [-0.3, -0.25) is 9.59 Å². The second kappa shape index (κ2) is 8.51. The van der Waals surface area contributed by atoms with Crippen LogP contribution in [0.3, 0.4) is 0 Å². The van der Waals surface area contributed by atoms with Gasteiger partial charge in [-0.2, -0.15) is 0 Å². The molecule has 1 saturated heterocycles. The summed E-state index contributed by atoms with van der Waals surface area (Å²) in [5.74, 6) is -0.469. The fraction of sp³-hybridized carbons (Fsp3) is 0.429. The third-order valence-corrected chi connectivity index (χ3v) is 6.11. The molecule has 4 rings (SSSR count). The highest BCUT2D eigenvalue weighted by Crippen LogP contribution is 2.24. The normalized spacial score (nSPS) is 16.7. The van der Waals surface area contributed by atoms with Crippen molar-refractivity contribution in [1.29, 1.82) is 0 Å². The maximum atomic E-state index is 13.5. The molecule has 3 aromatic rings. The predicted molar refractivity (Wildman–Crippen MR) is 114 cm³/mol. The average Bonchev–Trinajstić information content (AvgIpc) is 3.39. The molecule has 0 spiro atoms. The standard InChI is InChI=1S/C21H24FN5O2S/c1-12(2)7-18-25-26-21(30-18)24-20(29)14-8-19(28)27(11-14)6-5-13-10-23-17-4-3-15(22)9-16(13)17/h3-4,9-10,12,14,23H,5-8,11H2,1-2H3,(H,24,26,29).